The van der Waals surface area contributed by atoms with Gasteiger partial charge in [-0.15, -0.1) is 0 Å². The van der Waals surface area contributed by atoms with Crippen molar-refractivity contribution in [1.29, 1.82) is 0 Å². The third-order valence-electron chi connectivity index (χ3n) is 2.98. The van der Waals surface area contributed by atoms with Crippen LogP contribution in [0.5, 0.6) is 5.75 Å². The van der Waals surface area contributed by atoms with E-state index < -0.39 is 0 Å². The zero-order valence-corrected chi connectivity index (χ0v) is 12.5. The number of halogens is 1. The highest BCUT2D eigenvalue weighted by Crippen LogP contribution is 2.26. The van der Waals surface area contributed by atoms with Crippen LogP contribution < -0.4 is 5.56 Å². The minimum absolute atomic E-state index is 0.0465. The first-order valence-electron chi connectivity index (χ1n) is 5.93. The summed E-state index contributed by atoms with van der Waals surface area (Å²) in [5, 5.41) is 10.3. The summed E-state index contributed by atoms with van der Waals surface area (Å²) >= 11 is 2.00. The Hall–Kier alpha value is -1.96. The lowest BCUT2D eigenvalue weighted by atomic mass is 10.2. The van der Waals surface area contributed by atoms with Gasteiger partial charge in [0.25, 0.3) is 5.56 Å². The average molecular weight is 379 g/mol. The van der Waals surface area contributed by atoms with Crippen LogP contribution in [0.3, 0.4) is 0 Å². The molecule has 0 saturated heterocycles. The summed E-state index contributed by atoms with van der Waals surface area (Å²) < 4.78 is 2.15. The third-order valence-corrected chi connectivity index (χ3v) is 3.85. The Morgan fingerprint density at radius 2 is 2.05 bits per heavy atom. The van der Waals surface area contributed by atoms with Crippen molar-refractivity contribution in [1.82, 2.24) is 14.5 Å². The van der Waals surface area contributed by atoms with Crippen molar-refractivity contribution in [3.05, 3.63) is 62.5 Å². The van der Waals surface area contributed by atoms with E-state index in [1.807, 2.05) is 40.8 Å². The van der Waals surface area contributed by atoms with Crippen LogP contribution >= 0.6 is 22.6 Å². The second-order valence-electron chi connectivity index (χ2n) is 4.29. The first kappa shape index (κ1) is 13.0. The maximum absolute atomic E-state index is 12.4. The number of pyridine rings is 1. The molecular weight excluding hydrogens is 369 g/mol. The first-order chi connectivity index (χ1) is 9.66. The quantitative estimate of drug-likeness (QED) is 0.693. The Kier molecular flexibility index (Phi) is 3.39. The van der Waals surface area contributed by atoms with Crippen LogP contribution in [0.15, 0.2) is 47.7 Å². The van der Waals surface area contributed by atoms with E-state index in [4.69, 9.17) is 0 Å². The fourth-order valence-electron chi connectivity index (χ4n) is 1.97. The molecular formula is C14H10IN3O2. The fraction of sp³-hybridized carbons (Fsp3) is 0.0714. The molecule has 0 radical (unpaired) electrons. The number of phenols is 1. The molecule has 3 rings (SSSR count). The van der Waals surface area contributed by atoms with Gasteiger partial charge in [-0.1, -0.05) is 6.07 Å². The molecule has 0 aliphatic heterocycles. The number of hydrogen-bond donors (Lipinski definition) is 1. The molecule has 0 spiro atoms. The van der Waals surface area contributed by atoms with Gasteiger partial charge in [-0.3, -0.25) is 14.3 Å². The molecule has 0 aliphatic rings. The van der Waals surface area contributed by atoms with Crippen molar-refractivity contribution in [2.75, 3.05) is 0 Å². The largest absolute Gasteiger partial charge is 0.505 e. The Labute approximate surface area is 128 Å². The minimum Gasteiger partial charge on any atom is -0.505 e. The average Bonchev–Trinajstić information content (AvgIpc) is 2.47. The molecule has 1 aromatic carbocycles. The predicted octanol–water partition coefficient (Wildman–Crippen LogP) is 2.15. The number of hydrogen-bond acceptors (Lipinski definition) is 4. The highest BCUT2D eigenvalue weighted by atomic mass is 127. The van der Waals surface area contributed by atoms with Gasteiger partial charge in [0.05, 0.1) is 27.5 Å². The number of phenolic OH excluding ortho intramolecular Hbond substituents is 1. The van der Waals surface area contributed by atoms with Gasteiger partial charge in [0.15, 0.2) is 5.75 Å². The number of nitrogens with zero attached hydrogens (tertiary/aromatic N) is 3. The Morgan fingerprint density at radius 3 is 2.80 bits per heavy atom. The van der Waals surface area contributed by atoms with Crippen LogP contribution in [0, 0.1) is 3.57 Å². The molecule has 0 saturated carbocycles. The Morgan fingerprint density at radius 1 is 1.20 bits per heavy atom. The summed E-state index contributed by atoms with van der Waals surface area (Å²) in [4.78, 5) is 20.7. The molecule has 0 amide bonds. The molecule has 2 heterocycles. The summed E-state index contributed by atoms with van der Waals surface area (Å²) in [5.74, 6) is 0.0465. The van der Waals surface area contributed by atoms with Crippen molar-refractivity contribution in [2.24, 2.45) is 0 Å². The van der Waals surface area contributed by atoms with Crippen molar-refractivity contribution in [2.45, 2.75) is 6.54 Å². The maximum Gasteiger partial charge on any atom is 0.261 e. The first-order valence-corrected chi connectivity index (χ1v) is 7.01. The molecule has 0 fully saturated rings. The molecule has 3 aromatic rings. The molecule has 0 atom stereocenters. The van der Waals surface area contributed by atoms with Crippen molar-refractivity contribution in [3.63, 3.8) is 0 Å². The number of aromatic hydroxyl groups is 1. The normalized spacial score (nSPS) is 10.8. The monoisotopic (exact) mass is 379 g/mol. The molecule has 1 N–H and O–H groups in total. The number of aromatic nitrogens is 3. The van der Waals surface area contributed by atoms with Crippen LogP contribution in [0.2, 0.25) is 0 Å². The lowest BCUT2D eigenvalue weighted by molar-refractivity contribution is 0.476. The predicted molar refractivity (Wildman–Crippen MR) is 83.7 cm³/mol. The summed E-state index contributed by atoms with van der Waals surface area (Å²) in [6.45, 7) is 0.357. The van der Waals surface area contributed by atoms with Crippen molar-refractivity contribution < 1.29 is 5.11 Å². The van der Waals surface area contributed by atoms with Gasteiger partial charge in [0.1, 0.15) is 5.52 Å². The van der Waals surface area contributed by atoms with Crippen LogP contribution in [0.1, 0.15) is 5.69 Å². The molecule has 5 nitrogen and oxygen atoms in total. The molecule has 0 aliphatic carbocycles. The molecule has 20 heavy (non-hydrogen) atoms. The van der Waals surface area contributed by atoms with Gasteiger partial charge >= 0.3 is 0 Å². The zero-order valence-electron chi connectivity index (χ0n) is 10.3. The lowest BCUT2D eigenvalue weighted by Gasteiger charge is -2.07. The summed E-state index contributed by atoms with van der Waals surface area (Å²) in [6, 6.07) is 8.93. The van der Waals surface area contributed by atoms with Crippen LogP contribution in [-0.2, 0) is 6.54 Å². The highest BCUT2D eigenvalue weighted by Gasteiger charge is 2.10. The van der Waals surface area contributed by atoms with E-state index in [0.717, 1.165) is 5.69 Å². The lowest BCUT2D eigenvalue weighted by Crippen LogP contribution is -2.21. The molecule has 2 aromatic heterocycles. The SMILES string of the molecule is O=c1c2ccc(I)c(O)c2ncn1Cc1ccccn1. The number of benzene rings is 1. The third kappa shape index (κ3) is 2.26. The smallest absolute Gasteiger partial charge is 0.261 e. The summed E-state index contributed by atoms with van der Waals surface area (Å²) in [7, 11) is 0. The second kappa shape index (κ2) is 5.20. The number of rotatable bonds is 2. The van der Waals surface area contributed by atoms with E-state index in [-0.39, 0.29) is 11.3 Å². The highest BCUT2D eigenvalue weighted by molar-refractivity contribution is 14.1. The van der Waals surface area contributed by atoms with Gasteiger partial charge in [0, 0.05) is 6.20 Å². The molecule has 100 valence electrons. The second-order valence-corrected chi connectivity index (χ2v) is 5.45. The Bertz CT molecular complexity index is 831. The van der Waals surface area contributed by atoms with Crippen molar-refractivity contribution >= 4 is 33.5 Å². The van der Waals surface area contributed by atoms with Gasteiger partial charge in [0.2, 0.25) is 0 Å². The van der Waals surface area contributed by atoms with E-state index in [1.54, 1.807) is 18.3 Å². The van der Waals surface area contributed by atoms with E-state index in [0.29, 0.717) is 21.0 Å². The topological polar surface area (TPSA) is 68.0 Å². The molecule has 0 bridgehead atoms. The maximum atomic E-state index is 12.4. The minimum atomic E-state index is -0.188. The van der Waals surface area contributed by atoms with E-state index >= 15 is 0 Å². The van der Waals surface area contributed by atoms with Crippen LogP contribution in [-0.4, -0.2) is 19.6 Å². The Balaban J connectivity index is 2.13. The van der Waals surface area contributed by atoms with Crippen LogP contribution in [0.25, 0.3) is 10.9 Å². The summed E-state index contributed by atoms with van der Waals surface area (Å²) in [6.07, 6.45) is 3.12. The van der Waals surface area contributed by atoms with Gasteiger partial charge in [-0.2, -0.15) is 0 Å². The van der Waals surface area contributed by atoms with E-state index in [2.05, 4.69) is 9.97 Å². The van der Waals surface area contributed by atoms with E-state index in [9.17, 15) is 9.90 Å². The number of fused-ring (bicyclic) bond motifs is 1. The van der Waals surface area contributed by atoms with Crippen LogP contribution in [0.4, 0.5) is 0 Å². The van der Waals surface area contributed by atoms with Gasteiger partial charge < -0.3 is 5.11 Å². The molecule has 6 heteroatoms. The molecule has 0 unspecified atom stereocenters. The fourth-order valence-corrected chi connectivity index (χ4v) is 2.41. The van der Waals surface area contributed by atoms with Gasteiger partial charge in [-0.25, -0.2) is 4.98 Å². The van der Waals surface area contributed by atoms with Crippen molar-refractivity contribution in [3.8, 4) is 5.75 Å². The summed E-state index contributed by atoms with van der Waals surface area (Å²) in [5.41, 5.74) is 0.928. The zero-order chi connectivity index (χ0) is 14.1. The van der Waals surface area contributed by atoms with Gasteiger partial charge in [-0.05, 0) is 46.9 Å². The standard InChI is InChI=1S/C14H10IN3O2/c15-11-5-4-10-12(13(11)19)17-8-18(14(10)20)7-9-3-1-2-6-16-9/h1-6,8,19H,7H2. The van der Waals surface area contributed by atoms with E-state index in [1.165, 1.54) is 10.9 Å².